The molecule has 17 heavy (non-hydrogen) atoms. The van der Waals surface area contributed by atoms with Gasteiger partial charge in [-0.05, 0) is 37.0 Å². The highest BCUT2D eigenvalue weighted by atomic mass is 16.1. The van der Waals surface area contributed by atoms with Crippen molar-refractivity contribution in [2.75, 3.05) is 0 Å². The molecule has 0 fully saturated rings. The number of hydrogen-bond acceptors (Lipinski definition) is 1. The van der Waals surface area contributed by atoms with E-state index < -0.39 is 0 Å². The average Bonchev–Trinajstić information content (AvgIpc) is 2.52. The minimum atomic E-state index is 0.140. The third-order valence-corrected chi connectivity index (χ3v) is 2.97. The maximum Gasteiger partial charge on any atom is 0.160 e. The second-order valence-corrected chi connectivity index (χ2v) is 4.26. The lowest BCUT2D eigenvalue weighted by Crippen LogP contribution is -2.02. The molecule has 1 aromatic carbocycles. The summed E-state index contributed by atoms with van der Waals surface area (Å²) in [5.41, 5.74) is 4.17. The number of Topliss-reactive ketones (excluding diaryl/α,β-unsaturated/α-hetero) is 1. The van der Waals surface area contributed by atoms with Crippen molar-refractivity contribution >= 4 is 11.4 Å². The van der Waals surface area contributed by atoms with Crippen LogP contribution >= 0.6 is 0 Å². The molecule has 1 nitrogen and oxygen atoms in total. The fourth-order valence-electron chi connectivity index (χ4n) is 2.21. The Hall–Kier alpha value is -1.89. The van der Waals surface area contributed by atoms with Gasteiger partial charge in [-0.15, -0.1) is 0 Å². The predicted molar refractivity (Wildman–Crippen MR) is 71.6 cm³/mol. The molecule has 1 heteroatoms. The molecule has 0 aliphatic heterocycles. The lowest BCUT2D eigenvalue weighted by molar-refractivity contribution is -0.113. The molecule has 0 spiro atoms. The number of hydrogen-bond donors (Lipinski definition) is 0. The summed E-state index contributed by atoms with van der Waals surface area (Å²) in [4.78, 5) is 11.8. The standard InChI is InChI=1S/C16H16O/c1-12-8-6-7-11-15(16(12)13(2)17)14-9-4-3-5-10-14/h3-10H,11H2,1-2H3. The summed E-state index contributed by atoms with van der Waals surface area (Å²) in [6.07, 6.45) is 6.94. The third-order valence-electron chi connectivity index (χ3n) is 2.97. The summed E-state index contributed by atoms with van der Waals surface area (Å²) in [5, 5.41) is 0. The Morgan fingerprint density at radius 3 is 2.53 bits per heavy atom. The Morgan fingerprint density at radius 1 is 1.18 bits per heavy atom. The summed E-state index contributed by atoms with van der Waals surface area (Å²) < 4.78 is 0. The summed E-state index contributed by atoms with van der Waals surface area (Å²) in [6.45, 7) is 3.64. The number of carbonyl (C=O) groups is 1. The van der Waals surface area contributed by atoms with Gasteiger partial charge in [-0.3, -0.25) is 4.79 Å². The highest BCUT2D eigenvalue weighted by Gasteiger charge is 2.15. The van der Waals surface area contributed by atoms with Crippen molar-refractivity contribution in [3.63, 3.8) is 0 Å². The normalized spacial score (nSPS) is 15.5. The molecular weight excluding hydrogens is 208 g/mol. The van der Waals surface area contributed by atoms with E-state index in [2.05, 4.69) is 18.2 Å². The number of ketones is 1. The topological polar surface area (TPSA) is 17.1 Å². The van der Waals surface area contributed by atoms with Gasteiger partial charge in [0, 0.05) is 5.57 Å². The average molecular weight is 224 g/mol. The van der Waals surface area contributed by atoms with E-state index >= 15 is 0 Å². The molecule has 0 saturated heterocycles. The molecule has 0 N–H and O–H groups in total. The Balaban J connectivity index is 2.61. The molecule has 86 valence electrons. The SMILES string of the molecule is CC(=O)C1=C(c2ccccc2)CC=CC=C1C. The Bertz CT molecular complexity index is 516. The third kappa shape index (κ3) is 2.44. The molecule has 0 bridgehead atoms. The van der Waals surface area contributed by atoms with Gasteiger partial charge in [0.25, 0.3) is 0 Å². The largest absolute Gasteiger partial charge is 0.294 e. The molecule has 0 heterocycles. The van der Waals surface area contributed by atoms with Gasteiger partial charge in [-0.2, -0.15) is 0 Å². The smallest absolute Gasteiger partial charge is 0.160 e. The lowest BCUT2D eigenvalue weighted by Gasteiger charge is -2.11. The molecule has 0 atom stereocenters. The van der Waals surface area contributed by atoms with Gasteiger partial charge in [0.15, 0.2) is 5.78 Å². The molecular formula is C16H16O. The minimum Gasteiger partial charge on any atom is -0.294 e. The van der Waals surface area contributed by atoms with Crippen LogP contribution in [0.3, 0.4) is 0 Å². The van der Waals surface area contributed by atoms with Gasteiger partial charge in [-0.1, -0.05) is 48.6 Å². The highest BCUT2D eigenvalue weighted by molar-refractivity contribution is 6.05. The number of carbonyl (C=O) groups excluding carboxylic acids is 1. The number of allylic oxidation sites excluding steroid dienone is 6. The fraction of sp³-hybridized carbons (Fsp3) is 0.188. The maximum absolute atomic E-state index is 11.8. The first kappa shape index (κ1) is 11.6. The summed E-state index contributed by atoms with van der Waals surface area (Å²) in [6, 6.07) is 10.1. The van der Waals surface area contributed by atoms with E-state index in [1.807, 2.05) is 37.3 Å². The van der Waals surface area contributed by atoms with Crippen molar-refractivity contribution in [3.8, 4) is 0 Å². The van der Waals surface area contributed by atoms with E-state index in [9.17, 15) is 4.79 Å². The quantitative estimate of drug-likeness (QED) is 0.743. The predicted octanol–water partition coefficient (Wildman–Crippen LogP) is 3.94. The zero-order chi connectivity index (χ0) is 12.3. The van der Waals surface area contributed by atoms with E-state index in [0.29, 0.717) is 0 Å². The van der Waals surface area contributed by atoms with Crippen molar-refractivity contribution in [3.05, 3.63) is 65.3 Å². The van der Waals surface area contributed by atoms with Crippen LogP contribution in [0.4, 0.5) is 0 Å². The molecule has 1 aromatic rings. The van der Waals surface area contributed by atoms with Gasteiger partial charge in [0.05, 0.1) is 0 Å². The molecule has 0 radical (unpaired) electrons. The van der Waals surface area contributed by atoms with E-state index in [0.717, 1.165) is 28.7 Å². The zero-order valence-electron chi connectivity index (χ0n) is 10.2. The van der Waals surface area contributed by atoms with Crippen LogP contribution in [-0.4, -0.2) is 5.78 Å². The van der Waals surface area contributed by atoms with Crippen molar-refractivity contribution in [2.24, 2.45) is 0 Å². The van der Waals surface area contributed by atoms with Gasteiger partial charge in [0.1, 0.15) is 0 Å². The number of benzene rings is 1. The number of rotatable bonds is 2. The first-order chi connectivity index (χ1) is 8.20. The zero-order valence-corrected chi connectivity index (χ0v) is 10.2. The first-order valence-corrected chi connectivity index (χ1v) is 5.83. The van der Waals surface area contributed by atoms with E-state index in [-0.39, 0.29) is 5.78 Å². The molecule has 0 saturated carbocycles. The Kier molecular flexibility index (Phi) is 3.38. The van der Waals surface area contributed by atoms with Crippen LogP contribution in [0.1, 0.15) is 25.8 Å². The van der Waals surface area contributed by atoms with Crippen LogP contribution in [0.2, 0.25) is 0 Å². The highest BCUT2D eigenvalue weighted by Crippen LogP contribution is 2.29. The van der Waals surface area contributed by atoms with Gasteiger partial charge in [-0.25, -0.2) is 0 Å². The van der Waals surface area contributed by atoms with Crippen LogP contribution in [0.25, 0.3) is 5.57 Å². The van der Waals surface area contributed by atoms with E-state index in [1.54, 1.807) is 6.92 Å². The van der Waals surface area contributed by atoms with Crippen LogP contribution in [0.5, 0.6) is 0 Å². The van der Waals surface area contributed by atoms with Crippen molar-refractivity contribution < 1.29 is 4.79 Å². The second kappa shape index (κ2) is 4.96. The van der Waals surface area contributed by atoms with E-state index in [4.69, 9.17) is 0 Å². The first-order valence-electron chi connectivity index (χ1n) is 5.83. The van der Waals surface area contributed by atoms with Crippen molar-refractivity contribution in [2.45, 2.75) is 20.3 Å². The second-order valence-electron chi connectivity index (χ2n) is 4.26. The molecule has 0 aromatic heterocycles. The van der Waals surface area contributed by atoms with E-state index in [1.165, 1.54) is 0 Å². The lowest BCUT2D eigenvalue weighted by atomic mass is 9.92. The van der Waals surface area contributed by atoms with Gasteiger partial charge < -0.3 is 0 Å². The minimum absolute atomic E-state index is 0.140. The molecule has 1 aliphatic rings. The van der Waals surface area contributed by atoms with Crippen LogP contribution in [0, 0.1) is 0 Å². The van der Waals surface area contributed by atoms with Crippen LogP contribution in [-0.2, 0) is 4.79 Å². The van der Waals surface area contributed by atoms with Gasteiger partial charge in [0.2, 0.25) is 0 Å². The molecule has 1 aliphatic carbocycles. The monoisotopic (exact) mass is 224 g/mol. The summed E-state index contributed by atoms with van der Waals surface area (Å²) in [7, 11) is 0. The Labute approximate surface area is 102 Å². The molecule has 0 unspecified atom stereocenters. The van der Waals surface area contributed by atoms with Crippen LogP contribution < -0.4 is 0 Å². The fourth-order valence-corrected chi connectivity index (χ4v) is 2.21. The maximum atomic E-state index is 11.8. The van der Waals surface area contributed by atoms with Gasteiger partial charge >= 0.3 is 0 Å². The van der Waals surface area contributed by atoms with Crippen molar-refractivity contribution in [1.29, 1.82) is 0 Å². The Morgan fingerprint density at radius 2 is 1.88 bits per heavy atom. The molecule has 2 rings (SSSR count). The summed E-state index contributed by atoms with van der Waals surface area (Å²) >= 11 is 0. The summed E-state index contributed by atoms with van der Waals surface area (Å²) in [5.74, 6) is 0.140. The van der Waals surface area contributed by atoms with Crippen LogP contribution in [0.15, 0.2) is 59.7 Å². The molecule has 0 amide bonds. The van der Waals surface area contributed by atoms with Crippen molar-refractivity contribution in [1.82, 2.24) is 0 Å².